The first-order valence-corrected chi connectivity index (χ1v) is 5.64. The van der Waals surface area contributed by atoms with Crippen LogP contribution >= 0.6 is 0 Å². The summed E-state index contributed by atoms with van der Waals surface area (Å²) in [4.78, 5) is 11.5. The zero-order valence-electron chi connectivity index (χ0n) is 10.1. The number of nitrogens with two attached hydrogens (primary N) is 1. The molecular weight excluding hydrogens is 192 g/mol. The van der Waals surface area contributed by atoms with E-state index in [0.29, 0.717) is 25.5 Å². The molecule has 2 atom stereocenters. The predicted octanol–water partition coefficient (Wildman–Crippen LogP) is 0.903. The molecule has 1 amide bonds. The summed E-state index contributed by atoms with van der Waals surface area (Å²) in [5.74, 6) is 0.464. The Morgan fingerprint density at radius 2 is 2.20 bits per heavy atom. The van der Waals surface area contributed by atoms with E-state index in [2.05, 4.69) is 19.2 Å². The summed E-state index contributed by atoms with van der Waals surface area (Å²) in [6.45, 7) is 5.59. The van der Waals surface area contributed by atoms with E-state index in [4.69, 9.17) is 10.5 Å². The number of methoxy groups -OCH3 is 1. The fourth-order valence-corrected chi connectivity index (χ4v) is 1.13. The molecule has 0 saturated carbocycles. The Labute approximate surface area is 92.6 Å². The number of carbonyl (C=O) groups excluding carboxylic acids is 1. The molecule has 0 aromatic rings. The lowest BCUT2D eigenvalue weighted by Crippen LogP contribution is -2.42. The van der Waals surface area contributed by atoms with E-state index in [0.717, 1.165) is 12.8 Å². The van der Waals surface area contributed by atoms with Gasteiger partial charge in [-0.05, 0) is 18.8 Å². The van der Waals surface area contributed by atoms with E-state index >= 15 is 0 Å². The first-order valence-electron chi connectivity index (χ1n) is 5.64. The highest BCUT2D eigenvalue weighted by Crippen LogP contribution is 1.99. The number of ether oxygens (including phenoxy) is 1. The second-order valence-corrected chi connectivity index (χ2v) is 4.00. The highest BCUT2D eigenvalue weighted by molar-refractivity contribution is 5.81. The van der Waals surface area contributed by atoms with Gasteiger partial charge in [0.1, 0.15) is 0 Å². The molecule has 2 unspecified atom stereocenters. The van der Waals surface area contributed by atoms with Crippen LogP contribution in [0.25, 0.3) is 0 Å². The third-order valence-electron chi connectivity index (χ3n) is 2.52. The predicted molar refractivity (Wildman–Crippen MR) is 61.6 cm³/mol. The number of hydrogen-bond donors (Lipinski definition) is 2. The van der Waals surface area contributed by atoms with Crippen molar-refractivity contribution in [2.45, 2.75) is 39.2 Å². The van der Waals surface area contributed by atoms with E-state index in [-0.39, 0.29) is 5.91 Å². The SMILES string of the molecule is CCC(C)CNC(=O)C(N)CCCOC. The Bertz CT molecular complexity index is 174. The lowest BCUT2D eigenvalue weighted by atomic mass is 10.1. The van der Waals surface area contributed by atoms with Crippen molar-refractivity contribution in [2.75, 3.05) is 20.3 Å². The molecule has 0 aliphatic carbocycles. The number of nitrogens with one attached hydrogen (secondary N) is 1. The minimum atomic E-state index is -0.399. The van der Waals surface area contributed by atoms with E-state index < -0.39 is 6.04 Å². The van der Waals surface area contributed by atoms with Crippen molar-refractivity contribution in [3.63, 3.8) is 0 Å². The molecule has 4 nitrogen and oxygen atoms in total. The maximum atomic E-state index is 11.5. The summed E-state index contributed by atoms with van der Waals surface area (Å²) in [5.41, 5.74) is 5.72. The number of hydrogen-bond acceptors (Lipinski definition) is 3. The van der Waals surface area contributed by atoms with Crippen LogP contribution in [-0.2, 0) is 9.53 Å². The van der Waals surface area contributed by atoms with Crippen molar-refractivity contribution in [1.82, 2.24) is 5.32 Å². The van der Waals surface area contributed by atoms with Crippen LogP contribution in [0.2, 0.25) is 0 Å². The van der Waals surface area contributed by atoms with Crippen molar-refractivity contribution < 1.29 is 9.53 Å². The Hall–Kier alpha value is -0.610. The summed E-state index contributed by atoms with van der Waals surface area (Å²) in [5, 5.41) is 2.86. The van der Waals surface area contributed by atoms with Gasteiger partial charge in [-0.2, -0.15) is 0 Å². The molecule has 15 heavy (non-hydrogen) atoms. The molecule has 3 N–H and O–H groups in total. The quantitative estimate of drug-likeness (QED) is 0.593. The van der Waals surface area contributed by atoms with Gasteiger partial charge in [0, 0.05) is 20.3 Å². The molecule has 0 spiro atoms. The van der Waals surface area contributed by atoms with Gasteiger partial charge in [0.25, 0.3) is 0 Å². The normalized spacial score (nSPS) is 14.7. The van der Waals surface area contributed by atoms with Gasteiger partial charge in [-0.1, -0.05) is 20.3 Å². The minimum Gasteiger partial charge on any atom is -0.385 e. The summed E-state index contributed by atoms with van der Waals surface area (Å²) >= 11 is 0. The maximum Gasteiger partial charge on any atom is 0.236 e. The van der Waals surface area contributed by atoms with Gasteiger partial charge in [-0.25, -0.2) is 0 Å². The van der Waals surface area contributed by atoms with Crippen molar-refractivity contribution in [3.05, 3.63) is 0 Å². The molecule has 0 aliphatic rings. The Morgan fingerprint density at radius 1 is 1.53 bits per heavy atom. The summed E-state index contributed by atoms with van der Waals surface area (Å²) in [6, 6.07) is -0.399. The Balaban J connectivity index is 3.60. The molecule has 4 heteroatoms. The second kappa shape index (κ2) is 8.68. The molecule has 0 aromatic carbocycles. The fourth-order valence-electron chi connectivity index (χ4n) is 1.13. The lowest BCUT2D eigenvalue weighted by molar-refractivity contribution is -0.122. The molecule has 0 saturated heterocycles. The molecule has 0 aromatic heterocycles. The highest BCUT2D eigenvalue weighted by atomic mass is 16.5. The van der Waals surface area contributed by atoms with Gasteiger partial charge in [0.2, 0.25) is 5.91 Å². The van der Waals surface area contributed by atoms with Crippen LogP contribution in [0, 0.1) is 5.92 Å². The summed E-state index contributed by atoms with van der Waals surface area (Å²) in [6.07, 6.45) is 2.58. The fraction of sp³-hybridized carbons (Fsp3) is 0.909. The van der Waals surface area contributed by atoms with E-state index in [9.17, 15) is 4.79 Å². The van der Waals surface area contributed by atoms with Crippen LogP contribution in [0.1, 0.15) is 33.1 Å². The number of carbonyl (C=O) groups is 1. The highest BCUT2D eigenvalue weighted by Gasteiger charge is 2.12. The van der Waals surface area contributed by atoms with Crippen molar-refractivity contribution in [2.24, 2.45) is 11.7 Å². The van der Waals surface area contributed by atoms with Gasteiger partial charge >= 0.3 is 0 Å². The molecular formula is C11H24N2O2. The Kier molecular flexibility index (Phi) is 8.33. The molecule has 0 heterocycles. The summed E-state index contributed by atoms with van der Waals surface area (Å²) < 4.78 is 4.90. The number of amides is 1. The van der Waals surface area contributed by atoms with Crippen molar-refractivity contribution in [1.29, 1.82) is 0 Å². The van der Waals surface area contributed by atoms with Crippen LogP contribution in [0.5, 0.6) is 0 Å². The zero-order chi connectivity index (χ0) is 11.7. The monoisotopic (exact) mass is 216 g/mol. The minimum absolute atomic E-state index is 0.0496. The first-order chi connectivity index (χ1) is 7.11. The van der Waals surface area contributed by atoms with Crippen LogP contribution < -0.4 is 11.1 Å². The van der Waals surface area contributed by atoms with Gasteiger partial charge in [-0.3, -0.25) is 4.79 Å². The smallest absolute Gasteiger partial charge is 0.236 e. The average Bonchev–Trinajstić information content (AvgIpc) is 2.25. The van der Waals surface area contributed by atoms with Gasteiger partial charge in [-0.15, -0.1) is 0 Å². The molecule has 90 valence electrons. The Morgan fingerprint density at radius 3 is 2.73 bits per heavy atom. The van der Waals surface area contributed by atoms with Gasteiger partial charge in [0.05, 0.1) is 6.04 Å². The van der Waals surface area contributed by atoms with Crippen molar-refractivity contribution >= 4 is 5.91 Å². The van der Waals surface area contributed by atoms with E-state index in [1.54, 1.807) is 7.11 Å². The van der Waals surface area contributed by atoms with E-state index in [1.165, 1.54) is 0 Å². The van der Waals surface area contributed by atoms with Crippen molar-refractivity contribution in [3.8, 4) is 0 Å². The topological polar surface area (TPSA) is 64.4 Å². The molecule has 0 fully saturated rings. The maximum absolute atomic E-state index is 11.5. The standard InChI is InChI=1S/C11H24N2O2/c1-4-9(2)8-13-11(14)10(12)6-5-7-15-3/h9-10H,4-8,12H2,1-3H3,(H,13,14). The number of rotatable bonds is 8. The lowest BCUT2D eigenvalue weighted by Gasteiger charge is -2.14. The average molecular weight is 216 g/mol. The second-order valence-electron chi connectivity index (χ2n) is 4.00. The molecule has 0 aliphatic heterocycles. The first kappa shape index (κ1) is 14.4. The van der Waals surface area contributed by atoms with E-state index in [1.807, 2.05) is 0 Å². The van der Waals surface area contributed by atoms with Crippen LogP contribution in [0.4, 0.5) is 0 Å². The molecule has 0 radical (unpaired) electrons. The van der Waals surface area contributed by atoms with Gasteiger partial charge in [0.15, 0.2) is 0 Å². The van der Waals surface area contributed by atoms with Crippen LogP contribution in [0.15, 0.2) is 0 Å². The van der Waals surface area contributed by atoms with Crippen LogP contribution in [0.3, 0.4) is 0 Å². The molecule has 0 bridgehead atoms. The zero-order valence-corrected chi connectivity index (χ0v) is 10.1. The van der Waals surface area contributed by atoms with Gasteiger partial charge < -0.3 is 15.8 Å². The third-order valence-corrected chi connectivity index (χ3v) is 2.52. The molecule has 0 rings (SSSR count). The summed E-state index contributed by atoms with van der Waals surface area (Å²) in [7, 11) is 1.65. The third kappa shape index (κ3) is 7.33. The van der Waals surface area contributed by atoms with Crippen LogP contribution in [-0.4, -0.2) is 32.2 Å². The largest absolute Gasteiger partial charge is 0.385 e.